The van der Waals surface area contributed by atoms with Gasteiger partial charge in [-0.2, -0.15) is 0 Å². The first-order valence-corrected chi connectivity index (χ1v) is 8.81. The molecule has 0 fully saturated rings. The first kappa shape index (κ1) is 18.1. The molecule has 0 unspecified atom stereocenters. The molecule has 26 heavy (non-hydrogen) atoms. The van der Waals surface area contributed by atoms with Crippen LogP contribution in [0.2, 0.25) is 0 Å². The molecular formula is C20H18ClFN2O2. The quantitative estimate of drug-likeness (QED) is 0.496. The second-order valence-corrected chi connectivity index (χ2v) is 6.09. The van der Waals surface area contributed by atoms with Crippen LogP contribution in [0.1, 0.15) is 22.3 Å². The molecule has 4 nitrogen and oxygen atoms in total. The summed E-state index contributed by atoms with van der Waals surface area (Å²) >= 11 is 5.59. The van der Waals surface area contributed by atoms with Gasteiger partial charge in [0.15, 0.2) is 11.6 Å². The Morgan fingerprint density at radius 2 is 2.08 bits per heavy atom. The topological polar surface area (TPSA) is 51.2 Å². The number of hydrogen-bond donors (Lipinski definition) is 1. The van der Waals surface area contributed by atoms with Crippen molar-refractivity contribution in [2.75, 3.05) is 12.5 Å². The minimum atomic E-state index is -0.468. The van der Waals surface area contributed by atoms with E-state index in [1.165, 1.54) is 0 Å². The van der Waals surface area contributed by atoms with Crippen molar-refractivity contribution in [1.82, 2.24) is 10.3 Å². The molecule has 0 spiro atoms. The van der Waals surface area contributed by atoms with Crippen molar-refractivity contribution in [3.05, 3.63) is 71.7 Å². The Bertz CT molecular complexity index is 917. The van der Waals surface area contributed by atoms with Gasteiger partial charge in [-0.25, -0.2) is 4.39 Å². The number of aromatic nitrogens is 1. The standard InChI is InChI=1S/C20H18ClFN2O2/c21-9-3-11-26-18-6-1-4-16(19(18)22)13-24-20(25)15-7-8-17-14(12-15)5-2-10-23-17/h1-2,4-8,10,12H,3,9,11,13H2,(H,24,25). The van der Waals surface area contributed by atoms with Gasteiger partial charge in [-0.15, -0.1) is 11.6 Å². The van der Waals surface area contributed by atoms with Crippen molar-refractivity contribution in [2.45, 2.75) is 13.0 Å². The van der Waals surface area contributed by atoms with Gasteiger partial charge in [0.25, 0.3) is 5.91 Å². The summed E-state index contributed by atoms with van der Waals surface area (Å²) < 4.78 is 19.8. The summed E-state index contributed by atoms with van der Waals surface area (Å²) in [6.07, 6.45) is 2.34. The lowest BCUT2D eigenvalue weighted by atomic mass is 10.1. The third-order valence-electron chi connectivity index (χ3n) is 3.88. The minimum absolute atomic E-state index is 0.0719. The van der Waals surface area contributed by atoms with Crippen molar-refractivity contribution in [2.24, 2.45) is 0 Å². The van der Waals surface area contributed by atoms with Crippen molar-refractivity contribution in [1.29, 1.82) is 0 Å². The number of fused-ring (bicyclic) bond motifs is 1. The number of alkyl halides is 1. The van der Waals surface area contributed by atoms with E-state index >= 15 is 0 Å². The summed E-state index contributed by atoms with van der Waals surface area (Å²) in [6.45, 7) is 0.420. The van der Waals surface area contributed by atoms with Gasteiger partial charge in [-0.3, -0.25) is 9.78 Å². The number of carbonyl (C=O) groups excluding carboxylic acids is 1. The van der Waals surface area contributed by atoms with Gasteiger partial charge in [-0.05, 0) is 36.8 Å². The van der Waals surface area contributed by atoms with E-state index in [4.69, 9.17) is 16.3 Å². The predicted octanol–water partition coefficient (Wildman–Crippen LogP) is 4.31. The number of carbonyl (C=O) groups is 1. The van der Waals surface area contributed by atoms with Crippen LogP contribution >= 0.6 is 11.6 Å². The monoisotopic (exact) mass is 372 g/mol. The average Bonchev–Trinajstić information content (AvgIpc) is 2.68. The number of nitrogens with one attached hydrogen (secondary N) is 1. The lowest BCUT2D eigenvalue weighted by Gasteiger charge is -2.11. The molecule has 3 rings (SSSR count). The second-order valence-electron chi connectivity index (χ2n) is 5.71. The smallest absolute Gasteiger partial charge is 0.251 e. The maximum atomic E-state index is 14.4. The van der Waals surface area contributed by atoms with E-state index in [0.717, 1.165) is 10.9 Å². The van der Waals surface area contributed by atoms with Crippen LogP contribution in [0, 0.1) is 5.82 Å². The van der Waals surface area contributed by atoms with Crippen molar-refractivity contribution >= 4 is 28.4 Å². The Morgan fingerprint density at radius 1 is 1.19 bits per heavy atom. The third-order valence-corrected chi connectivity index (χ3v) is 4.15. The molecular weight excluding hydrogens is 355 g/mol. The molecule has 0 aliphatic carbocycles. The van der Waals surface area contributed by atoms with Crippen LogP contribution in [0.3, 0.4) is 0 Å². The highest BCUT2D eigenvalue weighted by Crippen LogP contribution is 2.21. The molecule has 0 aliphatic rings. The highest BCUT2D eigenvalue weighted by Gasteiger charge is 2.12. The van der Waals surface area contributed by atoms with Gasteiger partial charge < -0.3 is 10.1 Å². The van der Waals surface area contributed by atoms with E-state index in [-0.39, 0.29) is 18.2 Å². The Kier molecular flexibility index (Phi) is 6.02. The van der Waals surface area contributed by atoms with Crippen LogP contribution in [0.25, 0.3) is 10.9 Å². The molecule has 1 amide bonds. The van der Waals surface area contributed by atoms with Crippen LogP contribution in [0.4, 0.5) is 4.39 Å². The fraction of sp³-hybridized carbons (Fsp3) is 0.200. The zero-order chi connectivity index (χ0) is 18.4. The molecule has 0 aliphatic heterocycles. The molecule has 0 saturated carbocycles. The summed E-state index contributed by atoms with van der Waals surface area (Å²) in [6, 6.07) is 13.8. The van der Waals surface area contributed by atoms with Gasteiger partial charge in [0.05, 0.1) is 12.1 Å². The number of benzene rings is 2. The average molecular weight is 373 g/mol. The largest absolute Gasteiger partial charge is 0.490 e. The minimum Gasteiger partial charge on any atom is -0.490 e. The van der Waals surface area contributed by atoms with Gasteiger partial charge in [0.2, 0.25) is 0 Å². The van der Waals surface area contributed by atoms with E-state index in [2.05, 4.69) is 10.3 Å². The number of rotatable bonds is 7. The fourth-order valence-electron chi connectivity index (χ4n) is 2.54. The Morgan fingerprint density at radius 3 is 2.92 bits per heavy atom. The molecule has 1 heterocycles. The molecule has 2 aromatic carbocycles. The van der Waals surface area contributed by atoms with Crippen LogP contribution in [0.5, 0.6) is 5.75 Å². The Hall–Kier alpha value is -2.66. The number of halogens is 2. The summed E-state index contributed by atoms with van der Waals surface area (Å²) in [5.74, 6) is -0.120. The third kappa shape index (κ3) is 4.29. The van der Waals surface area contributed by atoms with Crippen molar-refractivity contribution in [3.63, 3.8) is 0 Å². The second kappa shape index (κ2) is 8.63. The molecule has 0 saturated heterocycles. The number of pyridine rings is 1. The van der Waals surface area contributed by atoms with Crippen LogP contribution in [-0.4, -0.2) is 23.4 Å². The van der Waals surface area contributed by atoms with E-state index in [9.17, 15) is 9.18 Å². The molecule has 1 aromatic heterocycles. The normalized spacial score (nSPS) is 10.7. The zero-order valence-electron chi connectivity index (χ0n) is 14.0. The number of hydrogen-bond acceptors (Lipinski definition) is 3. The van der Waals surface area contributed by atoms with Gasteiger partial charge in [0.1, 0.15) is 0 Å². The SMILES string of the molecule is O=C(NCc1cccc(OCCCCl)c1F)c1ccc2ncccc2c1. The first-order chi connectivity index (χ1) is 12.7. The maximum Gasteiger partial charge on any atom is 0.251 e. The van der Waals surface area contributed by atoms with Crippen molar-refractivity contribution < 1.29 is 13.9 Å². The zero-order valence-corrected chi connectivity index (χ0v) is 14.8. The summed E-state index contributed by atoms with van der Waals surface area (Å²) in [7, 11) is 0. The highest BCUT2D eigenvalue weighted by atomic mass is 35.5. The van der Waals surface area contributed by atoms with E-state index in [0.29, 0.717) is 30.0 Å². The van der Waals surface area contributed by atoms with E-state index in [1.54, 1.807) is 42.6 Å². The number of nitrogens with zero attached hydrogens (tertiary/aromatic N) is 1. The molecule has 134 valence electrons. The summed E-state index contributed by atoms with van der Waals surface area (Å²) in [5.41, 5.74) is 1.68. The van der Waals surface area contributed by atoms with E-state index < -0.39 is 5.82 Å². The summed E-state index contributed by atoms with van der Waals surface area (Å²) in [4.78, 5) is 16.6. The molecule has 3 aromatic rings. The molecule has 1 N–H and O–H groups in total. The Balaban J connectivity index is 1.67. The van der Waals surface area contributed by atoms with Crippen LogP contribution < -0.4 is 10.1 Å². The molecule has 0 bridgehead atoms. The molecule has 0 radical (unpaired) electrons. The lowest BCUT2D eigenvalue weighted by Crippen LogP contribution is -2.23. The van der Waals surface area contributed by atoms with Gasteiger partial charge >= 0.3 is 0 Å². The predicted molar refractivity (Wildman–Crippen MR) is 100 cm³/mol. The number of ether oxygens (including phenoxy) is 1. The van der Waals surface area contributed by atoms with Crippen LogP contribution in [0.15, 0.2) is 54.7 Å². The molecule has 6 heteroatoms. The fourth-order valence-corrected chi connectivity index (χ4v) is 2.64. The lowest BCUT2D eigenvalue weighted by molar-refractivity contribution is 0.0950. The summed E-state index contributed by atoms with van der Waals surface area (Å²) in [5, 5.41) is 3.62. The van der Waals surface area contributed by atoms with Crippen LogP contribution in [-0.2, 0) is 6.54 Å². The van der Waals surface area contributed by atoms with Crippen molar-refractivity contribution in [3.8, 4) is 5.75 Å². The first-order valence-electron chi connectivity index (χ1n) is 8.28. The van der Waals surface area contributed by atoms with Gasteiger partial charge in [-0.1, -0.05) is 18.2 Å². The Labute approximate surface area is 156 Å². The van der Waals surface area contributed by atoms with Gasteiger partial charge in [0, 0.05) is 35.1 Å². The number of amides is 1. The van der Waals surface area contributed by atoms with E-state index in [1.807, 2.05) is 12.1 Å². The highest BCUT2D eigenvalue weighted by molar-refractivity contribution is 6.17. The molecule has 0 atom stereocenters. The maximum absolute atomic E-state index is 14.4.